The van der Waals surface area contributed by atoms with Gasteiger partial charge in [-0.2, -0.15) is 0 Å². The first-order valence-corrected chi connectivity index (χ1v) is 7.87. The van der Waals surface area contributed by atoms with Crippen LogP contribution in [0.25, 0.3) is 6.08 Å². The molecule has 1 aromatic rings. The van der Waals surface area contributed by atoms with E-state index in [1.807, 2.05) is 23.1 Å². The van der Waals surface area contributed by atoms with Crippen LogP contribution in [0.5, 0.6) is 0 Å². The van der Waals surface area contributed by atoms with Gasteiger partial charge in [-0.3, -0.25) is 14.5 Å². The van der Waals surface area contributed by atoms with Gasteiger partial charge in [0, 0.05) is 51.1 Å². The zero-order chi connectivity index (χ0) is 15.9. The highest BCUT2D eigenvalue weighted by molar-refractivity contribution is 6.30. The van der Waals surface area contributed by atoms with Crippen molar-refractivity contribution in [2.24, 2.45) is 0 Å². The van der Waals surface area contributed by atoms with Gasteiger partial charge < -0.3 is 4.90 Å². The Morgan fingerprint density at radius 3 is 2.36 bits per heavy atom. The lowest BCUT2D eigenvalue weighted by Crippen LogP contribution is -2.48. The lowest BCUT2D eigenvalue weighted by Gasteiger charge is -2.33. The Morgan fingerprint density at radius 2 is 1.77 bits per heavy atom. The van der Waals surface area contributed by atoms with Crippen LogP contribution >= 0.6 is 11.6 Å². The summed E-state index contributed by atoms with van der Waals surface area (Å²) in [5.41, 5.74) is 0.966. The third kappa shape index (κ3) is 5.28. The van der Waals surface area contributed by atoms with E-state index in [0.29, 0.717) is 11.4 Å². The number of amides is 1. The fourth-order valence-corrected chi connectivity index (χ4v) is 2.53. The van der Waals surface area contributed by atoms with Crippen molar-refractivity contribution in [2.75, 3.05) is 32.7 Å². The van der Waals surface area contributed by atoms with Crippen LogP contribution in [0, 0.1) is 0 Å². The topological polar surface area (TPSA) is 40.6 Å². The summed E-state index contributed by atoms with van der Waals surface area (Å²) in [4.78, 5) is 27.2. The Kier molecular flexibility index (Phi) is 6.16. The van der Waals surface area contributed by atoms with E-state index in [1.54, 1.807) is 25.1 Å². The number of piperazine rings is 1. The molecule has 0 unspecified atom stereocenters. The second-order valence-electron chi connectivity index (χ2n) is 5.45. The average Bonchev–Trinajstić information content (AvgIpc) is 2.52. The minimum atomic E-state index is 0.115. The molecule has 0 spiro atoms. The number of carbonyl (C=O) groups is 2. The molecular formula is C17H21ClN2O2. The number of hydrogen-bond acceptors (Lipinski definition) is 3. The fraction of sp³-hybridized carbons (Fsp3) is 0.412. The van der Waals surface area contributed by atoms with E-state index in [-0.39, 0.29) is 11.7 Å². The molecule has 118 valence electrons. The Morgan fingerprint density at radius 1 is 1.14 bits per heavy atom. The molecule has 1 heterocycles. The number of benzene rings is 1. The maximum atomic E-state index is 11.9. The van der Waals surface area contributed by atoms with E-state index in [0.717, 1.165) is 38.3 Å². The Bertz CT molecular complexity index is 546. The van der Waals surface area contributed by atoms with Gasteiger partial charge in [0.1, 0.15) is 0 Å². The molecule has 0 atom stereocenters. The van der Waals surface area contributed by atoms with E-state index in [1.165, 1.54) is 0 Å². The van der Waals surface area contributed by atoms with Crippen molar-refractivity contribution < 1.29 is 9.59 Å². The minimum Gasteiger partial charge on any atom is -0.340 e. The van der Waals surface area contributed by atoms with Crippen molar-refractivity contribution in [3.05, 3.63) is 40.9 Å². The first-order valence-electron chi connectivity index (χ1n) is 7.49. The average molecular weight is 321 g/mol. The molecular weight excluding hydrogens is 300 g/mol. The summed E-state index contributed by atoms with van der Waals surface area (Å²) in [5, 5.41) is 0.688. The number of hydrogen-bond donors (Lipinski definition) is 0. The van der Waals surface area contributed by atoms with Crippen molar-refractivity contribution in [3.8, 4) is 0 Å². The van der Waals surface area contributed by atoms with Crippen LogP contribution in [0.4, 0.5) is 0 Å². The van der Waals surface area contributed by atoms with Gasteiger partial charge in [0.15, 0.2) is 5.78 Å². The second-order valence-corrected chi connectivity index (χ2v) is 5.89. The van der Waals surface area contributed by atoms with Gasteiger partial charge in [0.05, 0.1) is 0 Å². The monoisotopic (exact) mass is 320 g/mol. The van der Waals surface area contributed by atoms with E-state index in [2.05, 4.69) is 4.90 Å². The number of rotatable bonds is 5. The zero-order valence-electron chi connectivity index (χ0n) is 12.8. The summed E-state index contributed by atoms with van der Waals surface area (Å²) < 4.78 is 0. The van der Waals surface area contributed by atoms with Crippen molar-refractivity contribution in [3.63, 3.8) is 0 Å². The smallest absolute Gasteiger partial charge is 0.219 e. The Balaban J connectivity index is 1.72. The van der Waals surface area contributed by atoms with Gasteiger partial charge in [-0.15, -0.1) is 0 Å². The second kappa shape index (κ2) is 8.11. The van der Waals surface area contributed by atoms with Gasteiger partial charge in [0.25, 0.3) is 0 Å². The molecule has 22 heavy (non-hydrogen) atoms. The number of nitrogens with zero attached hydrogens (tertiary/aromatic N) is 2. The lowest BCUT2D eigenvalue weighted by atomic mass is 10.1. The third-order valence-corrected chi connectivity index (χ3v) is 4.08. The highest BCUT2D eigenvalue weighted by Crippen LogP contribution is 2.11. The lowest BCUT2D eigenvalue weighted by molar-refractivity contribution is -0.130. The van der Waals surface area contributed by atoms with E-state index >= 15 is 0 Å². The van der Waals surface area contributed by atoms with Gasteiger partial charge in [-0.1, -0.05) is 29.8 Å². The number of allylic oxidation sites excluding steroid dienone is 1. The Hall–Kier alpha value is -1.65. The number of halogens is 1. The maximum absolute atomic E-state index is 11.9. The maximum Gasteiger partial charge on any atom is 0.219 e. The van der Waals surface area contributed by atoms with Crippen LogP contribution in [-0.2, 0) is 9.59 Å². The molecule has 0 radical (unpaired) electrons. The molecule has 0 aromatic heterocycles. The third-order valence-electron chi connectivity index (χ3n) is 3.82. The van der Waals surface area contributed by atoms with Gasteiger partial charge in [-0.05, 0) is 23.8 Å². The normalized spacial score (nSPS) is 16.2. The minimum absolute atomic E-state index is 0.115. The molecule has 2 rings (SSSR count). The van der Waals surface area contributed by atoms with Gasteiger partial charge in [0.2, 0.25) is 5.91 Å². The summed E-state index contributed by atoms with van der Waals surface area (Å²) in [5.74, 6) is 0.241. The molecule has 1 saturated heterocycles. The molecule has 0 bridgehead atoms. The predicted molar refractivity (Wildman–Crippen MR) is 88.8 cm³/mol. The van der Waals surface area contributed by atoms with Crippen molar-refractivity contribution in [1.29, 1.82) is 0 Å². The standard InChI is InChI=1S/C17H21ClN2O2/c1-14(21)20-12-10-19(11-13-20)9-8-17(22)7-4-15-2-5-16(18)6-3-15/h2-7H,8-13H2,1H3/b7-4+. The molecule has 1 aromatic carbocycles. The molecule has 0 saturated carbocycles. The quantitative estimate of drug-likeness (QED) is 0.783. The molecule has 1 aliphatic rings. The number of carbonyl (C=O) groups excluding carboxylic acids is 2. The van der Waals surface area contributed by atoms with Gasteiger partial charge >= 0.3 is 0 Å². The zero-order valence-corrected chi connectivity index (χ0v) is 13.6. The van der Waals surface area contributed by atoms with Crippen molar-refractivity contribution in [1.82, 2.24) is 9.80 Å². The summed E-state index contributed by atoms with van der Waals surface area (Å²) in [6.07, 6.45) is 3.94. The van der Waals surface area contributed by atoms with Crippen LogP contribution in [0.15, 0.2) is 30.3 Å². The molecule has 0 N–H and O–H groups in total. The Labute approximate surface area is 136 Å². The summed E-state index contributed by atoms with van der Waals surface area (Å²) in [6.45, 7) is 5.53. The van der Waals surface area contributed by atoms with Crippen LogP contribution in [0.3, 0.4) is 0 Å². The van der Waals surface area contributed by atoms with Crippen LogP contribution in [-0.4, -0.2) is 54.2 Å². The van der Waals surface area contributed by atoms with Crippen LogP contribution in [0.1, 0.15) is 18.9 Å². The summed E-state index contributed by atoms with van der Waals surface area (Å²) >= 11 is 5.82. The van der Waals surface area contributed by atoms with Crippen LogP contribution < -0.4 is 0 Å². The first-order chi connectivity index (χ1) is 10.5. The summed E-state index contributed by atoms with van der Waals surface area (Å²) in [7, 11) is 0. The summed E-state index contributed by atoms with van der Waals surface area (Å²) in [6, 6.07) is 7.38. The molecule has 1 aliphatic heterocycles. The molecule has 4 nitrogen and oxygen atoms in total. The highest BCUT2D eigenvalue weighted by Gasteiger charge is 2.18. The molecule has 5 heteroatoms. The van der Waals surface area contributed by atoms with Crippen LogP contribution in [0.2, 0.25) is 5.02 Å². The molecule has 1 amide bonds. The fourth-order valence-electron chi connectivity index (χ4n) is 2.40. The van der Waals surface area contributed by atoms with Crippen molar-refractivity contribution in [2.45, 2.75) is 13.3 Å². The van der Waals surface area contributed by atoms with E-state index < -0.39 is 0 Å². The first kappa shape index (κ1) is 16.7. The van der Waals surface area contributed by atoms with Crippen molar-refractivity contribution >= 4 is 29.4 Å². The van der Waals surface area contributed by atoms with Gasteiger partial charge in [-0.25, -0.2) is 0 Å². The largest absolute Gasteiger partial charge is 0.340 e. The predicted octanol–water partition coefficient (Wildman–Crippen LogP) is 2.48. The SMILES string of the molecule is CC(=O)N1CCN(CCC(=O)/C=C/c2ccc(Cl)cc2)CC1. The highest BCUT2D eigenvalue weighted by atomic mass is 35.5. The molecule has 0 aliphatic carbocycles. The van der Waals surface area contributed by atoms with E-state index in [4.69, 9.17) is 11.6 Å². The molecule has 1 fully saturated rings. The number of ketones is 1. The van der Waals surface area contributed by atoms with E-state index in [9.17, 15) is 9.59 Å².